The van der Waals surface area contributed by atoms with Crippen LogP contribution >= 0.6 is 0 Å². The average Bonchev–Trinajstić information content (AvgIpc) is 2.04. The molecule has 76 valence electrons. The van der Waals surface area contributed by atoms with E-state index in [0.717, 1.165) is 12.8 Å². The second kappa shape index (κ2) is 4.70. The Labute approximate surface area is 79.1 Å². The van der Waals surface area contributed by atoms with E-state index in [-0.39, 0.29) is 11.7 Å². The maximum Gasteiger partial charge on any atom is 0.149 e. The van der Waals surface area contributed by atoms with Gasteiger partial charge in [-0.3, -0.25) is 4.79 Å². The first-order chi connectivity index (χ1) is 6.09. The third kappa shape index (κ3) is 3.43. The van der Waals surface area contributed by atoms with Gasteiger partial charge >= 0.3 is 0 Å². The highest BCUT2D eigenvalue weighted by molar-refractivity contribution is 5.82. The Morgan fingerprint density at radius 2 is 1.85 bits per heavy atom. The number of Topliss-reactive ketones (excluding diaryl/α,β-unsaturated/α-hetero) is 1. The predicted octanol–water partition coefficient (Wildman–Crippen LogP) is 1.65. The normalized spacial score (nSPS) is 29.2. The van der Waals surface area contributed by atoms with Crippen molar-refractivity contribution in [2.75, 3.05) is 20.6 Å². The fourth-order valence-electron chi connectivity index (χ4n) is 1.82. The van der Waals surface area contributed by atoms with E-state index in [1.165, 1.54) is 0 Å². The van der Waals surface area contributed by atoms with Crippen molar-refractivity contribution in [3.8, 4) is 0 Å². The highest BCUT2D eigenvalue weighted by atomic mass is 19.1. The van der Waals surface area contributed by atoms with Gasteiger partial charge in [-0.2, -0.15) is 0 Å². The van der Waals surface area contributed by atoms with E-state index in [9.17, 15) is 9.18 Å². The molecule has 0 spiro atoms. The first kappa shape index (κ1) is 10.6. The fourth-order valence-corrected chi connectivity index (χ4v) is 1.82. The summed E-state index contributed by atoms with van der Waals surface area (Å²) in [4.78, 5) is 13.4. The minimum Gasteiger partial charge on any atom is -0.302 e. The lowest BCUT2D eigenvalue weighted by atomic mass is 9.85. The van der Waals surface area contributed by atoms with Crippen molar-refractivity contribution < 1.29 is 9.18 Å². The molecule has 1 aliphatic rings. The summed E-state index contributed by atoms with van der Waals surface area (Å²) in [6.07, 6.45) is 1.97. The number of halogens is 1. The molecule has 0 bridgehead atoms. The maximum absolute atomic E-state index is 12.8. The Kier molecular flexibility index (Phi) is 3.85. The van der Waals surface area contributed by atoms with E-state index in [0.29, 0.717) is 19.4 Å². The summed E-state index contributed by atoms with van der Waals surface area (Å²) in [5.74, 6) is 0.395. The highest BCUT2D eigenvalue weighted by Crippen LogP contribution is 2.26. The largest absolute Gasteiger partial charge is 0.302 e. The van der Waals surface area contributed by atoms with Crippen molar-refractivity contribution in [1.82, 2.24) is 4.90 Å². The van der Waals surface area contributed by atoms with E-state index < -0.39 is 6.17 Å². The Morgan fingerprint density at radius 1 is 1.31 bits per heavy atom. The molecule has 0 aromatic carbocycles. The second-order valence-corrected chi connectivity index (χ2v) is 4.15. The molecule has 0 N–H and O–H groups in total. The zero-order valence-corrected chi connectivity index (χ0v) is 8.42. The van der Waals surface area contributed by atoms with Crippen molar-refractivity contribution in [2.45, 2.75) is 31.9 Å². The van der Waals surface area contributed by atoms with E-state index >= 15 is 0 Å². The van der Waals surface area contributed by atoms with Crippen LogP contribution in [0.3, 0.4) is 0 Å². The average molecular weight is 187 g/mol. The number of hydrogen-bond donors (Lipinski definition) is 0. The molecule has 1 aliphatic carbocycles. The third-order valence-electron chi connectivity index (χ3n) is 2.58. The minimum atomic E-state index is -0.664. The lowest BCUT2D eigenvalue weighted by molar-refractivity contribution is -0.124. The second-order valence-electron chi connectivity index (χ2n) is 4.15. The molecule has 13 heavy (non-hydrogen) atoms. The standard InChI is InChI=1S/C10H18FNO/c1-12(2)7-10(13)8-3-5-9(11)6-4-8/h8-9H,3-7H2,1-2H3. The van der Waals surface area contributed by atoms with E-state index in [1.807, 2.05) is 19.0 Å². The van der Waals surface area contributed by atoms with Crippen LogP contribution in [-0.4, -0.2) is 37.5 Å². The van der Waals surface area contributed by atoms with Gasteiger partial charge in [-0.05, 0) is 39.8 Å². The summed E-state index contributed by atoms with van der Waals surface area (Å²) < 4.78 is 12.8. The molecule has 1 rings (SSSR count). The highest BCUT2D eigenvalue weighted by Gasteiger charge is 2.25. The van der Waals surface area contributed by atoms with Gasteiger partial charge < -0.3 is 4.90 Å². The zero-order valence-electron chi connectivity index (χ0n) is 8.42. The molecule has 0 atom stereocenters. The van der Waals surface area contributed by atoms with Crippen molar-refractivity contribution >= 4 is 5.78 Å². The van der Waals surface area contributed by atoms with Crippen molar-refractivity contribution in [1.29, 1.82) is 0 Å². The third-order valence-corrected chi connectivity index (χ3v) is 2.58. The van der Waals surface area contributed by atoms with Crippen molar-refractivity contribution in [3.63, 3.8) is 0 Å². The summed E-state index contributed by atoms with van der Waals surface area (Å²) in [6.45, 7) is 0.502. The molecule has 0 radical (unpaired) electrons. The molecule has 1 saturated carbocycles. The van der Waals surface area contributed by atoms with Crippen LogP contribution in [0.1, 0.15) is 25.7 Å². The number of ketones is 1. The van der Waals surface area contributed by atoms with Gasteiger partial charge in [0.15, 0.2) is 0 Å². The van der Waals surface area contributed by atoms with Gasteiger partial charge in [-0.1, -0.05) is 0 Å². The smallest absolute Gasteiger partial charge is 0.149 e. The molecule has 0 aromatic rings. The van der Waals surface area contributed by atoms with Crippen LogP contribution in [0.5, 0.6) is 0 Å². The Morgan fingerprint density at radius 3 is 2.31 bits per heavy atom. The zero-order chi connectivity index (χ0) is 9.84. The minimum absolute atomic E-state index is 0.120. The molecule has 0 amide bonds. The first-order valence-corrected chi connectivity index (χ1v) is 4.91. The van der Waals surface area contributed by atoms with Gasteiger partial charge in [0.2, 0.25) is 0 Å². The number of nitrogens with zero attached hydrogens (tertiary/aromatic N) is 1. The van der Waals surface area contributed by atoms with Crippen molar-refractivity contribution in [2.24, 2.45) is 5.92 Å². The molecule has 0 aliphatic heterocycles. The first-order valence-electron chi connectivity index (χ1n) is 4.91. The van der Waals surface area contributed by atoms with Gasteiger partial charge in [-0.25, -0.2) is 4.39 Å². The molecule has 2 nitrogen and oxygen atoms in total. The number of alkyl halides is 1. The Hall–Kier alpha value is -0.440. The van der Waals surface area contributed by atoms with E-state index in [2.05, 4.69) is 0 Å². The monoisotopic (exact) mass is 187 g/mol. The topological polar surface area (TPSA) is 20.3 Å². The van der Waals surface area contributed by atoms with Gasteiger partial charge in [0.1, 0.15) is 12.0 Å². The number of carbonyl (C=O) groups excluding carboxylic acids is 1. The van der Waals surface area contributed by atoms with Crippen LogP contribution in [0, 0.1) is 5.92 Å². The summed E-state index contributed by atoms with van der Waals surface area (Å²) in [5, 5.41) is 0. The molecule has 0 aromatic heterocycles. The summed E-state index contributed by atoms with van der Waals surface area (Å²) >= 11 is 0. The number of carbonyl (C=O) groups is 1. The lowest BCUT2D eigenvalue weighted by Crippen LogP contribution is -2.30. The fraction of sp³-hybridized carbons (Fsp3) is 0.900. The Balaban J connectivity index is 2.31. The molecule has 0 heterocycles. The van der Waals surface area contributed by atoms with E-state index in [4.69, 9.17) is 0 Å². The van der Waals surface area contributed by atoms with Crippen LogP contribution in [0.4, 0.5) is 4.39 Å². The molecular weight excluding hydrogens is 169 g/mol. The van der Waals surface area contributed by atoms with Gasteiger partial charge in [0.25, 0.3) is 0 Å². The predicted molar refractivity (Wildman–Crippen MR) is 50.4 cm³/mol. The lowest BCUT2D eigenvalue weighted by Gasteiger charge is -2.24. The summed E-state index contributed by atoms with van der Waals surface area (Å²) in [5.41, 5.74) is 0. The van der Waals surface area contributed by atoms with Gasteiger partial charge in [0.05, 0.1) is 6.54 Å². The van der Waals surface area contributed by atoms with Crippen LogP contribution in [0.15, 0.2) is 0 Å². The SMILES string of the molecule is CN(C)CC(=O)C1CCC(F)CC1. The van der Waals surface area contributed by atoms with Gasteiger partial charge in [-0.15, -0.1) is 0 Å². The molecular formula is C10H18FNO. The van der Waals surface area contributed by atoms with Crippen LogP contribution in [0.2, 0.25) is 0 Å². The van der Waals surface area contributed by atoms with Crippen LogP contribution in [0.25, 0.3) is 0 Å². The van der Waals surface area contributed by atoms with Gasteiger partial charge in [0, 0.05) is 5.92 Å². The summed E-state index contributed by atoms with van der Waals surface area (Å²) in [7, 11) is 3.78. The molecule has 0 saturated heterocycles. The summed E-state index contributed by atoms with van der Waals surface area (Å²) in [6, 6.07) is 0. The molecule has 1 fully saturated rings. The maximum atomic E-state index is 12.8. The quantitative estimate of drug-likeness (QED) is 0.669. The number of rotatable bonds is 3. The number of likely N-dealkylation sites (N-methyl/N-ethyl adjacent to an activating group) is 1. The Bertz CT molecular complexity index is 174. The van der Waals surface area contributed by atoms with E-state index in [1.54, 1.807) is 0 Å². The van der Waals surface area contributed by atoms with Crippen LogP contribution < -0.4 is 0 Å². The van der Waals surface area contributed by atoms with Crippen molar-refractivity contribution in [3.05, 3.63) is 0 Å². The number of hydrogen-bond acceptors (Lipinski definition) is 2. The van der Waals surface area contributed by atoms with Crippen LogP contribution in [-0.2, 0) is 4.79 Å². The molecule has 0 unspecified atom stereocenters. The molecule has 3 heteroatoms.